The number of benzene rings is 1. The molecule has 0 aliphatic carbocycles. The van der Waals surface area contributed by atoms with Crippen molar-refractivity contribution in [2.75, 3.05) is 24.7 Å². The van der Waals surface area contributed by atoms with Crippen LogP contribution in [-0.4, -0.2) is 18.6 Å². The average molecular weight is 231 g/mol. The monoisotopic (exact) mass is 231 g/mol. The van der Waals surface area contributed by atoms with Gasteiger partial charge in [-0.05, 0) is 31.5 Å². The van der Waals surface area contributed by atoms with Crippen molar-refractivity contribution in [2.45, 2.75) is 13.8 Å². The van der Waals surface area contributed by atoms with Gasteiger partial charge >= 0.3 is 0 Å². The Morgan fingerprint density at radius 3 is 2.82 bits per heavy atom. The molecule has 1 aromatic carbocycles. The minimum Gasteiger partial charge on any atom is -0.497 e. The second-order valence-corrected chi connectivity index (χ2v) is 3.96. The van der Waals surface area contributed by atoms with E-state index in [-0.39, 0.29) is 0 Å². The summed E-state index contributed by atoms with van der Waals surface area (Å²) in [5.74, 6) is 0.821. The first-order valence-electron chi connectivity index (χ1n) is 5.64. The lowest BCUT2D eigenvalue weighted by Crippen LogP contribution is -2.03. The zero-order chi connectivity index (χ0) is 12.4. The van der Waals surface area contributed by atoms with Crippen molar-refractivity contribution in [3.8, 4) is 5.75 Å². The molecule has 0 spiro atoms. The number of aromatic nitrogens is 1. The fraction of sp³-hybridized carbons (Fsp3) is 0.308. The number of hydrogen-bond acceptors (Lipinski definition) is 4. The molecule has 0 atom stereocenters. The minimum atomic E-state index is 0.659. The summed E-state index contributed by atoms with van der Waals surface area (Å²) in [5.41, 5.74) is 9.57. The summed E-state index contributed by atoms with van der Waals surface area (Å²) >= 11 is 0. The van der Waals surface area contributed by atoms with E-state index in [1.54, 1.807) is 13.3 Å². The Kier molecular flexibility index (Phi) is 3.04. The lowest BCUT2D eigenvalue weighted by atomic mass is 10.1. The number of nitrogen functional groups attached to an aromatic ring is 1. The Bertz CT molecular complexity index is 552. The van der Waals surface area contributed by atoms with Crippen LogP contribution in [0.1, 0.15) is 12.5 Å². The SMILES string of the molecule is CCNc1c(N)cnc2c(C)cc(OC)cc12. The van der Waals surface area contributed by atoms with E-state index < -0.39 is 0 Å². The van der Waals surface area contributed by atoms with Gasteiger partial charge in [0.25, 0.3) is 0 Å². The molecule has 0 saturated carbocycles. The van der Waals surface area contributed by atoms with Crippen molar-refractivity contribution in [2.24, 2.45) is 0 Å². The maximum Gasteiger partial charge on any atom is 0.119 e. The molecule has 90 valence electrons. The number of ether oxygens (including phenoxy) is 1. The molecule has 2 rings (SSSR count). The van der Waals surface area contributed by atoms with Crippen LogP contribution in [0, 0.1) is 6.92 Å². The highest BCUT2D eigenvalue weighted by atomic mass is 16.5. The lowest BCUT2D eigenvalue weighted by Gasteiger charge is -2.13. The molecule has 0 saturated heterocycles. The number of pyridine rings is 1. The highest BCUT2D eigenvalue weighted by Crippen LogP contribution is 2.32. The Morgan fingerprint density at radius 1 is 1.41 bits per heavy atom. The van der Waals surface area contributed by atoms with E-state index in [0.717, 1.165) is 34.4 Å². The fourth-order valence-corrected chi connectivity index (χ4v) is 1.95. The van der Waals surface area contributed by atoms with Gasteiger partial charge in [-0.3, -0.25) is 4.98 Å². The van der Waals surface area contributed by atoms with Crippen LogP contribution in [-0.2, 0) is 0 Å². The maximum absolute atomic E-state index is 5.95. The van der Waals surface area contributed by atoms with Crippen molar-refractivity contribution in [1.82, 2.24) is 4.98 Å². The van der Waals surface area contributed by atoms with Gasteiger partial charge in [0.15, 0.2) is 0 Å². The average Bonchev–Trinajstić information content (AvgIpc) is 2.32. The first-order valence-corrected chi connectivity index (χ1v) is 5.64. The van der Waals surface area contributed by atoms with E-state index in [1.165, 1.54) is 0 Å². The zero-order valence-electron chi connectivity index (χ0n) is 10.4. The summed E-state index contributed by atoms with van der Waals surface area (Å²) in [6.07, 6.45) is 1.69. The number of methoxy groups -OCH3 is 1. The van der Waals surface area contributed by atoms with Crippen LogP contribution in [0.25, 0.3) is 10.9 Å². The quantitative estimate of drug-likeness (QED) is 0.852. The molecular formula is C13H17N3O. The number of nitrogens with one attached hydrogen (secondary N) is 1. The summed E-state index contributed by atoms with van der Waals surface area (Å²) in [4.78, 5) is 4.38. The van der Waals surface area contributed by atoms with Crippen LogP contribution >= 0.6 is 0 Å². The van der Waals surface area contributed by atoms with E-state index in [0.29, 0.717) is 5.69 Å². The standard InChI is InChI=1S/C13H17N3O/c1-4-15-13-10-6-9(17-3)5-8(2)12(10)16-7-11(13)14/h5-7H,4,14H2,1-3H3,(H,15,16). The molecule has 0 fully saturated rings. The molecule has 0 bridgehead atoms. The Labute approximate surface area is 101 Å². The first kappa shape index (κ1) is 11.5. The van der Waals surface area contributed by atoms with Crippen molar-refractivity contribution >= 4 is 22.3 Å². The predicted molar refractivity (Wildman–Crippen MR) is 71.6 cm³/mol. The van der Waals surface area contributed by atoms with Gasteiger partial charge < -0.3 is 15.8 Å². The van der Waals surface area contributed by atoms with E-state index in [2.05, 4.69) is 10.3 Å². The van der Waals surface area contributed by atoms with Gasteiger partial charge in [-0.15, -0.1) is 0 Å². The molecule has 0 radical (unpaired) electrons. The van der Waals surface area contributed by atoms with Gasteiger partial charge in [0.1, 0.15) is 5.75 Å². The third-order valence-electron chi connectivity index (χ3n) is 2.75. The van der Waals surface area contributed by atoms with Crippen LogP contribution in [0.4, 0.5) is 11.4 Å². The van der Waals surface area contributed by atoms with Crippen molar-refractivity contribution in [3.63, 3.8) is 0 Å². The normalized spacial score (nSPS) is 10.5. The summed E-state index contributed by atoms with van der Waals surface area (Å²) in [5, 5.41) is 4.28. The predicted octanol–water partition coefficient (Wildman–Crippen LogP) is 2.57. The Morgan fingerprint density at radius 2 is 2.18 bits per heavy atom. The number of rotatable bonds is 3. The smallest absolute Gasteiger partial charge is 0.119 e. The molecule has 0 aliphatic rings. The summed E-state index contributed by atoms with van der Waals surface area (Å²) in [6.45, 7) is 4.88. The van der Waals surface area contributed by atoms with Crippen LogP contribution in [0.15, 0.2) is 18.3 Å². The van der Waals surface area contributed by atoms with Gasteiger partial charge in [0.2, 0.25) is 0 Å². The fourth-order valence-electron chi connectivity index (χ4n) is 1.95. The molecule has 3 N–H and O–H groups in total. The van der Waals surface area contributed by atoms with E-state index >= 15 is 0 Å². The van der Waals surface area contributed by atoms with E-state index in [1.807, 2.05) is 26.0 Å². The highest BCUT2D eigenvalue weighted by molar-refractivity contribution is 5.99. The Balaban J connectivity index is 2.76. The zero-order valence-corrected chi connectivity index (χ0v) is 10.4. The van der Waals surface area contributed by atoms with Crippen LogP contribution in [0.3, 0.4) is 0 Å². The number of nitrogens with zero attached hydrogens (tertiary/aromatic N) is 1. The first-order chi connectivity index (χ1) is 8.17. The second kappa shape index (κ2) is 4.49. The molecule has 0 aliphatic heterocycles. The van der Waals surface area contributed by atoms with Gasteiger partial charge in [0, 0.05) is 11.9 Å². The number of fused-ring (bicyclic) bond motifs is 1. The molecular weight excluding hydrogens is 214 g/mol. The van der Waals surface area contributed by atoms with Crippen LogP contribution < -0.4 is 15.8 Å². The van der Waals surface area contributed by atoms with E-state index in [4.69, 9.17) is 10.5 Å². The second-order valence-electron chi connectivity index (χ2n) is 3.96. The third kappa shape index (κ3) is 1.98. The van der Waals surface area contributed by atoms with Gasteiger partial charge in [-0.1, -0.05) is 0 Å². The van der Waals surface area contributed by atoms with Gasteiger partial charge in [-0.25, -0.2) is 0 Å². The third-order valence-corrected chi connectivity index (χ3v) is 2.75. The highest BCUT2D eigenvalue weighted by Gasteiger charge is 2.09. The largest absolute Gasteiger partial charge is 0.497 e. The van der Waals surface area contributed by atoms with Gasteiger partial charge in [0.05, 0.1) is 30.2 Å². The number of hydrogen-bond donors (Lipinski definition) is 2. The Hall–Kier alpha value is -1.97. The number of anilines is 2. The van der Waals surface area contributed by atoms with Crippen molar-refractivity contribution < 1.29 is 4.74 Å². The van der Waals surface area contributed by atoms with E-state index in [9.17, 15) is 0 Å². The molecule has 0 amide bonds. The van der Waals surface area contributed by atoms with Crippen LogP contribution in [0.5, 0.6) is 5.75 Å². The number of aryl methyl sites for hydroxylation is 1. The van der Waals surface area contributed by atoms with Crippen molar-refractivity contribution in [1.29, 1.82) is 0 Å². The molecule has 4 nitrogen and oxygen atoms in total. The summed E-state index contributed by atoms with van der Waals surface area (Å²) in [7, 11) is 1.66. The van der Waals surface area contributed by atoms with Crippen LogP contribution in [0.2, 0.25) is 0 Å². The molecule has 1 heterocycles. The topological polar surface area (TPSA) is 60.2 Å². The van der Waals surface area contributed by atoms with Gasteiger partial charge in [-0.2, -0.15) is 0 Å². The summed E-state index contributed by atoms with van der Waals surface area (Å²) in [6, 6.07) is 3.94. The maximum atomic E-state index is 5.95. The lowest BCUT2D eigenvalue weighted by molar-refractivity contribution is 0.415. The molecule has 4 heteroatoms. The van der Waals surface area contributed by atoms with Crippen molar-refractivity contribution in [3.05, 3.63) is 23.9 Å². The molecule has 17 heavy (non-hydrogen) atoms. The molecule has 0 unspecified atom stereocenters. The minimum absolute atomic E-state index is 0.659. The molecule has 2 aromatic rings. The number of nitrogens with two attached hydrogens (primary N) is 1. The molecule has 1 aromatic heterocycles. The summed E-state index contributed by atoms with van der Waals surface area (Å²) < 4.78 is 5.28.